The van der Waals surface area contributed by atoms with Gasteiger partial charge < -0.3 is 10.1 Å². The lowest BCUT2D eigenvalue weighted by Gasteiger charge is -2.20. The van der Waals surface area contributed by atoms with Gasteiger partial charge in [-0.05, 0) is 46.7 Å². The van der Waals surface area contributed by atoms with Crippen LogP contribution in [0.25, 0.3) is 0 Å². The van der Waals surface area contributed by atoms with Crippen LogP contribution in [-0.4, -0.2) is 13.6 Å². The van der Waals surface area contributed by atoms with Crippen LogP contribution in [0.2, 0.25) is 5.02 Å². The lowest BCUT2D eigenvalue weighted by Crippen LogP contribution is -2.22. The zero-order chi connectivity index (χ0) is 13.7. The Kier molecular flexibility index (Phi) is 5.25. The van der Waals surface area contributed by atoms with E-state index in [0.717, 1.165) is 22.3 Å². The van der Waals surface area contributed by atoms with Crippen molar-refractivity contribution in [3.05, 3.63) is 63.6 Å². The number of benzene rings is 2. The first-order chi connectivity index (χ1) is 9.20. The Labute approximate surface area is 126 Å². The molecule has 0 saturated carbocycles. The number of hydrogen-bond donors (Lipinski definition) is 1. The summed E-state index contributed by atoms with van der Waals surface area (Å²) in [6, 6.07) is 15.7. The third-order valence-corrected chi connectivity index (χ3v) is 3.58. The molecule has 100 valence electrons. The fourth-order valence-corrected chi connectivity index (χ4v) is 2.58. The second kappa shape index (κ2) is 6.94. The molecule has 19 heavy (non-hydrogen) atoms. The first-order valence-corrected chi connectivity index (χ1v) is 7.19. The molecule has 0 spiro atoms. The smallest absolute Gasteiger partial charge is 0.136 e. The van der Waals surface area contributed by atoms with E-state index in [1.807, 2.05) is 43.4 Å². The van der Waals surface area contributed by atoms with Crippen LogP contribution in [0.1, 0.15) is 11.7 Å². The van der Waals surface area contributed by atoms with E-state index in [0.29, 0.717) is 5.02 Å². The minimum absolute atomic E-state index is 0.0383. The van der Waals surface area contributed by atoms with E-state index in [1.54, 1.807) is 0 Å². The highest BCUT2D eigenvalue weighted by molar-refractivity contribution is 9.10. The molecule has 2 aromatic rings. The summed E-state index contributed by atoms with van der Waals surface area (Å²) in [5.74, 6) is 0.786. The highest BCUT2D eigenvalue weighted by Gasteiger charge is 2.13. The summed E-state index contributed by atoms with van der Waals surface area (Å²) in [6.07, 6.45) is -0.0383. The number of ether oxygens (including phenoxy) is 1. The summed E-state index contributed by atoms with van der Waals surface area (Å²) in [7, 11) is 1.91. The van der Waals surface area contributed by atoms with Crippen molar-refractivity contribution < 1.29 is 4.74 Å². The van der Waals surface area contributed by atoms with Gasteiger partial charge in [-0.15, -0.1) is 0 Å². The van der Waals surface area contributed by atoms with Crippen LogP contribution in [0, 0.1) is 0 Å². The van der Waals surface area contributed by atoms with Crippen LogP contribution in [0.15, 0.2) is 53.0 Å². The van der Waals surface area contributed by atoms with Gasteiger partial charge in [0.25, 0.3) is 0 Å². The minimum atomic E-state index is -0.0383. The molecule has 0 aromatic heterocycles. The maximum Gasteiger partial charge on any atom is 0.136 e. The monoisotopic (exact) mass is 339 g/mol. The van der Waals surface area contributed by atoms with Gasteiger partial charge in [-0.3, -0.25) is 0 Å². The minimum Gasteiger partial charge on any atom is -0.483 e. The molecule has 0 fully saturated rings. The van der Waals surface area contributed by atoms with E-state index < -0.39 is 0 Å². The van der Waals surface area contributed by atoms with Gasteiger partial charge in [0.15, 0.2) is 0 Å². The van der Waals surface area contributed by atoms with Crippen LogP contribution >= 0.6 is 27.5 Å². The van der Waals surface area contributed by atoms with Crippen LogP contribution in [-0.2, 0) is 0 Å². The molecule has 2 nitrogen and oxygen atoms in total. The summed E-state index contributed by atoms with van der Waals surface area (Å²) in [5.41, 5.74) is 1.14. The molecule has 0 aliphatic rings. The zero-order valence-corrected chi connectivity index (χ0v) is 12.9. The lowest BCUT2D eigenvalue weighted by atomic mass is 10.1. The van der Waals surface area contributed by atoms with E-state index in [-0.39, 0.29) is 6.10 Å². The Hall–Kier alpha value is -1.03. The maximum atomic E-state index is 6.06. The molecule has 1 unspecified atom stereocenters. The van der Waals surface area contributed by atoms with Crippen molar-refractivity contribution in [3.8, 4) is 5.75 Å². The number of likely N-dealkylation sites (N-methyl/N-ethyl adjacent to an activating group) is 1. The van der Waals surface area contributed by atoms with Gasteiger partial charge in [0.2, 0.25) is 0 Å². The summed E-state index contributed by atoms with van der Waals surface area (Å²) < 4.78 is 6.92. The first kappa shape index (κ1) is 14.4. The van der Waals surface area contributed by atoms with Gasteiger partial charge in [0.1, 0.15) is 11.9 Å². The van der Waals surface area contributed by atoms with Gasteiger partial charge in [-0.25, -0.2) is 0 Å². The standard InChI is InChI=1S/C15H15BrClNO/c1-18-10-15(11-5-3-2-4-6-11)19-14-8-7-12(17)9-13(14)16/h2-9,15,18H,10H2,1H3. The maximum absolute atomic E-state index is 6.06. The van der Waals surface area contributed by atoms with Gasteiger partial charge in [-0.1, -0.05) is 41.9 Å². The normalized spacial score (nSPS) is 12.2. The fraction of sp³-hybridized carbons (Fsp3) is 0.200. The van der Waals surface area contributed by atoms with Gasteiger partial charge in [-0.2, -0.15) is 0 Å². The molecule has 1 N–H and O–H groups in total. The highest BCUT2D eigenvalue weighted by atomic mass is 79.9. The number of rotatable bonds is 5. The fourth-order valence-electron chi connectivity index (χ4n) is 1.80. The predicted octanol–water partition coefficient (Wildman–Crippen LogP) is 4.44. The van der Waals surface area contributed by atoms with Crippen LogP contribution in [0.3, 0.4) is 0 Å². The summed E-state index contributed by atoms with van der Waals surface area (Å²) in [4.78, 5) is 0. The van der Waals surface area contributed by atoms with Crippen molar-refractivity contribution in [2.24, 2.45) is 0 Å². The van der Waals surface area contributed by atoms with Crippen LogP contribution in [0.5, 0.6) is 5.75 Å². The molecule has 0 aliphatic carbocycles. The van der Waals surface area contributed by atoms with E-state index in [1.165, 1.54) is 0 Å². The first-order valence-electron chi connectivity index (χ1n) is 6.02. The van der Waals surface area contributed by atoms with E-state index in [9.17, 15) is 0 Å². The molecule has 0 amide bonds. The quantitative estimate of drug-likeness (QED) is 0.868. The predicted molar refractivity (Wildman–Crippen MR) is 82.9 cm³/mol. The molecule has 0 saturated heterocycles. The molecule has 0 aliphatic heterocycles. The molecule has 0 bridgehead atoms. The van der Waals surface area contributed by atoms with E-state index in [4.69, 9.17) is 16.3 Å². The Balaban J connectivity index is 2.21. The Morgan fingerprint density at radius 1 is 1.21 bits per heavy atom. The Morgan fingerprint density at radius 3 is 2.58 bits per heavy atom. The second-order valence-corrected chi connectivity index (χ2v) is 5.44. The second-order valence-electron chi connectivity index (χ2n) is 4.15. The molecule has 0 radical (unpaired) electrons. The van der Waals surface area contributed by atoms with Crippen LogP contribution < -0.4 is 10.1 Å². The number of hydrogen-bond acceptors (Lipinski definition) is 2. The van der Waals surface area contributed by atoms with Gasteiger partial charge in [0, 0.05) is 11.6 Å². The van der Waals surface area contributed by atoms with Crippen molar-refractivity contribution in [1.82, 2.24) is 5.32 Å². The Bertz CT molecular complexity index is 533. The number of halogens is 2. The lowest BCUT2D eigenvalue weighted by molar-refractivity contribution is 0.203. The molecular formula is C15H15BrClNO. The third kappa shape index (κ3) is 3.96. The average molecular weight is 341 g/mol. The summed E-state index contributed by atoms with van der Waals surface area (Å²) in [6.45, 7) is 0.735. The molecule has 2 rings (SSSR count). The summed E-state index contributed by atoms with van der Waals surface area (Å²) in [5, 5.41) is 3.84. The molecule has 0 heterocycles. The molecular weight excluding hydrogens is 326 g/mol. The third-order valence-electron chi connectivity index (χ3n) is 2.72. The van der Waals surface area contributed by atoms with Gasteiger partial charge >= 0.3 is 0 Å². The van der Waals surface area contributed by atoms with Crippen molar-refractivity contribution in [2.45, 2.75) is 6.10 Å². The number of nitrogens with one attached hydrogen (secondary N) is 1. The average Bonchev–Trinajstić information content (AvgIpc) is 2.42. The highest BCUT2D eigenvalue weighted by Crippen LogP contribution is 2.31. The van der Waals surface area contributed by atoms with Crippen molar-refractivity contribution >= 4 is 27.5 Å². The summed E-state index contributed by atoms with van der Waals surface area (Å²) >= 11 is 9.40. The largest absolute Gasteiger partial charge is 0.483 e. The van der Waals surface area contributed by atoms with E-state index >= 15 is 0 Å². The van der Waals surface area contributed by atoms with Crippen LogP contribution in [0.4, 0.5) is 0 Å². The topological polar surface area (TPSA) is 21.3 Å². The van der Waals surface area contributed by atoms with E-state index in [2.05, 4.69) is 33.4 Å². The van der Waals surface area contributed by atoms with Crippen molar-refractivity contribution in [2.75, 3.05) is 13.6 Å². The zero-order valence-electron chi connectivity index (χ0n) is 10.6. The Morgan fingerprint density at radius 2 is 1.95 bits per heavy atom. The SMILES string of the molecule is CNCC(Oc1ccc(Cl)cc1Br)c1ccccc1. The molecule has 4 heteroatoms. The molecule has 2 aromatic carbocycles. The molecule has 1 atom stereocenters. The van der Waals surface area contributed by atoms with Crippen molar-refractivity contribution in [3.63, 3.8) is 0 Å². The van der Waals surface area contributed by atoms with Crippen molar-refractivity contribution in [1.29, 1.82) is 0 Å². The van der Waals surface area contributed by atoms with Gasteiger partial charge in [0.05, 0.1) is 4.47 Å².